The fraction of sp³-hybridized carbons (Fsp3) is 0.150. The molecule has 0 aliphatic heterocycles. The second kappa shape index (κ2) is 7.28. The van der Waals surface area contributed by atoms with E-state index in [1.165, 1.54) is 10.5 Å². The van der Waals surface area contributed by atoms with E-state index in [1.54, 1.807) is 0 Å². The van der Waals surface area contributed by atoms with E-state index in [1.807, 2.05) is 36.2 Å². The maximum atomic E-state index is 4.72. The molecule has 2 aromatic carbocycles. The van der Waals surface area contributed by atoms with Crippen LogP contribution >= 0.6 is 11.8 Å². The van der Waals surface area contributed by atoms with Gasteiger partial charge >= 0.3 is 0 Å². The predicted octanol–water partition coefficient (Wildman–Crippen LogP) is 5.15. The summed E-state index contributed by atoms with van der Waals surface area (Å²) in [6, 6.07) is 21.0. The van der Waals surface area contributed by atoms with Crippen molar-refractivity contribution in [3.8, 4) is 0 Å². The highest BCUT2D eigenvalue weighted by Crippen LogP contribution is 2.33. The lowest BCUT2D eigenvalue weighted by Gasteiger charge is -2.17. The first kappa shape index (κ1) is 14.9. The van der Waals surface area contributed by atoms with Crippen molar-refractivity contribution in [3.05, 3.63) is 90.0 Å². The van der Waals surface area contributed by atoms with Gasteiger partial charge in [0, 0.05) is 11.1 Å². The maximum absolute atomic E-state index is 4.72. The molecule has 0 fully saturated rings. The number of hydrogen-bond donors (Lipinski definition) is 0. The zero-order valence-electron chi connectivity index (χ0n) is 12.6. The third-order valence-corrected chi connectivity index (χ3v) is 4.87. The Morgan fingerprint density at radius 2 is 1.68 bits per heavy atom. The molecule has 1 aliphatic rings. The Bertz CT molecular complexity index is 686. The Morgan fingerprint density at radius 1 is 1.00 bits per heavy atom. The molecule has 0 bridgehead atoms. The average Bonchev–Trinajstić information content (AvgIpc) is 3.03. The molecule has 0 saturated heterocycles. The summed E-state index contributed by atoms with van der Waals surface area (Å²) in [6.07, 6.45) is 8.56. The Morgan fingerprint density at radius 3 is 2.41 bits per heavy atom. The van der Waals surface area contributed by atoms with E-state index < -0.39 is 0 Å². The molecule has 3 rings (SSSR count). The first-order chi connectivity index (χ1) is 10.8. The molecule has 1 nitrogen and oxygen atoms in total. The Labute approximate surface area is 136 Å². The second-order valence-corrected chi connectivity index (χ2v) is 6.48. The van der Waals surface area contributed by atoms with Crippen LogP contribution in [0.4, 0.5) is 0 Å². The molecule has 0 saturated carbocycles. The standard InChI is InChI=1S/C20H19NS/c1-16(21-15-17-9-4-2-5-10-17)19-13-8-14-20(19)22-18-11-6-3-7-12-18/h2-16,20H,1H3/t16-,20?/m0/s1. The zero-order chi connectivity index (χ0) is 15.2. The monoisotopic (exact) mass is 305 g/mol. The van der Waals surface area contributed by atoms with Crippen LogP contribution in [0.3, 0.4) is 0 Å². The highest BCUT2D eigenvalue weighted by molar-refractivity contribution is 8.00. The van der Waals surface area contributed by atoms with Crippen LogP contribution in [0.2, 0.25) is 0 Å². The summed E-state index contributed by atoms with van der Waals surface area (Å²) in [5.74, 6) is 0. The predicted molar refractivity (Wildman–Crippen MR) is 96.8 cm³/mol. The van der Waals surface area contributed by atoms with Gasteiger partial charge in [-0.25, -0.2) is 0 Å². The third kappa shape index (κ3) is 3.77. The van der Waals surface area contributed by atoms with Crippen LogP contribution in [0.5, 0.6) is 0 Å². The molecule has 0 N–H and O–H groups in total. The molecule has 2 heteroatoms. The van der Waals surface area contributed by atoms with Crippen LogP contribution in [-0.2, 0) is 0 Å². The normalized spacial score (nSPS) is 18.6. The van der Waals surface area contributed by atoms with Crippen molar-refractivity contribution in [2.24, 2.45) is 4.99 Å². The Kier molecular flexibility index (Phi) is 4.92. The molecule has 2 aromatic rings. The van der Waals surface area contributed by atoms with Crippen molar-refractivity contribution in [3.63, 3.8) is 0 Å². The molecule has 0 amide bonds. The van der Waals surface area contributed by atoms with Crippen LogP contribution in [-0.4, -0.2) is 17.5 Å². The first-order valence-corrected chi connectivity index (χ1v) is 8.39. The molecular formula is C20H19NS. The smallest absolute Gasteiger partial charge is 0.0698 e. The van der Waals surface area contributed by atoms with Gasteiger partial charge in [-0.1, -0.05) is 66.8 Å². The third-order valence-electron chi connectivity index (χ3n) is 3.64. The van der Waals surface area contributed by atoms with E-state index in [2.05, 4.69) is 67.6 Å². The van der Waals surface area contributed by atoms with Gasteiger partial charge < -0.3 is 0 Å². The van der Waals surface area contributed by atoms with Crippen molar-refractivity contribution < 1.29 is 0 Å². The van der Waals surface area contributed by atoms with E-state index in [9.17, 15) is 0 Å². The largest absolute Gasteiger partial charge is 0.285 e. The van der Waals surface area contributed by atoms with Crippen molar-refractivity contribution in [1.82, 2.24) is 0 Å². The zero-order valence-corrected chi connectivity index (χ0v) is 13.4. The fourth-order valence-electron chi connectivity index (χ4n) is 2.43. The van der Waals surface area contributed by atoms with Crippen molar-refractivity contribution in [1.29, 1.82) is 0 Å². The molecule has 22 heavy (non-hydrogen) atoms. The number of benzene rings is 2. The number of thioether (sulfide) groups is 1. The number of hydrogen-bond acceptors (Lipinski definition) is 2. The fourth-order valence-corrected chi connectivity index (χ4v) is 3.61. The lowest BCUT2D eigenvalue weighted by atomic mass is 10.1. The van der Waals surface area contributed by atoms with E-state index in [0.717, 1.165) is 5.56 Å². The summed E-state index contributed by atoms with van der Waals surface area (Å²) >= 11 is 1.88. The summed E-state index contributed by atoms with van der Waals surface area (Å²) in [7, 11) is 0. The first-order valence-electron chi connectivity index (χ1n) is 7.51. The van der Waals surface area contributed by atoms with Gasteiger partial charge in [-0.05, 0) is 30.2 Å². The molecule has 0 aromatic heterocycles. The van der Waals surface area contributed by atoms with E-state index >= 15 is 0 Å². The molecule has 1 aliphatic carbocycles. The van der Waals surface area contributed by atoms with E-state index in [4.69, 9.17) is 4.99 Å². The van der Waals surface area contributed by atoms with Gasteiger partial charge in [0.15, 0.2) is 0 Å². The summed E-state index contributed by atoms with van der Waals surface area (Å²) in [6.45, 7) is 2.16. The minimum atomic E-state index is 0.191. The Balaban J connectivity index is 1.67. The van der Waals surface area contributed by atoms with Crippen molar-refractivity contribution in [2.75, 3.05) is 0 Å². The minimum absolute atomic E-state index is 0.191. The SMILES string of the molecule is C[C@H](N=Cc1ccccc1)C1=CC=CC1Sc1ccccc1. The van der Waals surface area contributed by atoms with Crippen LogP contribution in [0, 0.1) is 0 Å². The summed E-state index contributed by atoms with van der Waals surface area (Å²) < 4.78 is 0. The maximum Gasteiger partial charge on any atom is 0.0698 e. The second-order valence-electron chi connectivity index (χ2n) is 5.27. The van der Waals surface area contributed by atoms with E-state index in [0.29, 0.717) is 5.25 Å². The van der Waals surface area contributed by atoms with Gasteiger partial charge in [0.25, 0.3) is 0 Å². The van der Waals surface area contributed by atoms with Crippen molar-refractivity contribution in [2.45, 2.75) is 23.1 Å². The highest BCUT2D eigenvalue weighted by Gasteiger charge is 2.20. The Hall–Kier alpha value is -2.06. The molecular weight excluding hydrogens is 286 g/mol. The van der Waals surface area contributed by atoms with Crippen LogP contribution in [0.1, 0.15) is 12.5 Å². The molecule has 110 valence electrons. The quantitative estimate of drug-likeness (QED) is 0.696. The van der Waals surface area contributed by atoms with Gasteiger partial charge in [0.1, 0.15) is 0 Å². The molecule has 0 spiro atoms. The number of rotatable bonds is 5. The lowest BCUT2D eigenvalue weighted by molar-refractivity contribution is 0.852. The molecule has 0 radical (unpaired) electrons. The van der Waals surface area contributed by atoms with Crippen LogP contribution in [0.25, 0.3) is 0 Å². The van der Waals surface area contributed by atoms with Gasteiger partial charge in [0.05, 0.1) is 11.3 Å². The lowest BCUT2D eigenvalue weighted by Crippen LogP contribution is -2.12. The van der Waals surface area contributed by atoms with Crippen molar-refractivity contribution >= 4 is 18.0 Å². The highest BCUT2D eigenvalue weighted by atomic mass is 32.2. The molecule has 2 atom stereocenters. The number of aliphatic imine (C=N–C) groups is 1. The summed E-state index contributed by atoms with van der Waals surface area (Å²) in [5, 5.41) is 0.380. The molecule has 1 unspecified atom stereocenters. The topological polar surface area (TPSA) is 12.4 Å². The van der Waals surface area contributed by atoms with Crippen LogP contribution < -0.4 is 0 Å². The van der Waals surface area contributed by atoms with Gasteiger partial charge in [0.2, 0.25) is 0 Å². The van der Waals surface area contributed by atoms with Gasteiger partial charge in [-0.3, -0.25) is 4.99 Å². The average molecular weight is 305 g/mol. The number of allylic oxidation sites excluding steroid dienone is 2. The summed E-state index contributed by atoms with van der Waals surface area (Å²) in [4.78, 5) is 6.02. The van der Waals surface area contributed by atoms with E-state index in [-0.39, 0.29) is 6.04 Å². The van der Waals surface area contributed by atoms with Gasteiger partial charge in [-0.2, -0.15) is 0 Å². The number of nitrogens with zero attached hydrogens (tertiary/aromatic N) is 1. The minimum Gasteiger partial charge on any atom is -0.285 e. The van der Waals surface area contributed by atoms with Crippen LogP contribution in [0.15, 0.2) is 94.4 Å². The summed E-state index contributed by atoms with van der Waals surface area (Å²) in [5.41, 5.74) is 2.51. The molecule has 0 heterocycles. The van der Waals surface area contributed by atoms with Gasteiger partial charge in [-0.15, -0.1) is 11.8 Å².